The summed E-state index contributed by atoms with van der Waals surface area (Å²) in [6.45, 7) is 16.5. The lowest BCUT2D eigenvalue weighted by molar-refractivity contribution is -0.135. The van der Waals surface area contributed by atoms with E-state index in [9.17, 15) is 9.90 Å². The van der Waals surface area contributed by atoms with Crippen LogP contribution in [0.5, 0.6) is 0 Å². The van der Waals surface area contributed by atoms with Crippen LogP contribution in [0.2, 0.25) is 18.1 Å². The van der Waals surface area contributed by atoms with Crippen LogP contribution in [0.25, 0.3) is 0 Å². The van der Waals surface area contributed by atoms with Crippen LogP contribution < -0.4 is 0 Å². The van der Waals surface area contributed by atoms with Gasteiger partial charge in [0.15, 0.2) is 8.32 Å². The monoisotopic (exact) mass is 286 g/mol. The van der Waals surface area contributed by atoms with Gasteiger partial charge in [-0.05, 0) is 25.1 Å². The maximum atomic E-state index is 11.3. The van der Waals surface area contributed by atoms with Crippen molar-refractivity contribution in [2.24, 2.45) is 5.92 Å². The van der Waals surface area contributed by atoms with Gasteiger partial charge in [0.2, 0.25) is 0 Å². The number of hydrogen-bond donors (Lipinski definition) is 1. The third kappa shape index (κ3) is 3.46. The van der Waals surface area contributed by atoms with Gasteiger partial charge in [-0.15, -0.1) is 0 Å². The molecule has 0 saturated carbocycles. The Morgan fingerprint density at radius 1 is 1.47 bits per heavy atom. The van der Waals surface area contributed by atoms with E-state index in [0.29, 0.717) is 5.57 Å². The zero-order chi connectivity index (χ0) is 15.0. The number of cyclic esters (lactones) is 1. The van der Waals surface area contributed by atoms with E-state index in [1.165, 1.54) is 0 Å². The number of hydrogen-bond acceptors (Lipinski definition) is 4. The van der Waals surface area contributed by atoms with E-state index in [-0.39, 0.29) is 23.7 Å². The molecule has 0 unspecified atom stereocenters. The summed E-state index contributed by atoms with van der Waals surface area (Å²) in [5.41, 5.74) is 0.346. The van der Waals surface area contributed by atoms with Crippen LogP contribution in [0.15, 0.2) is 12.2 Å². The largest absolute Gasteiger partial charge is 0.462 e. The third-order valence-corrected chi connectivity index (χ3v) is 8.86. The standard InChI is InChI=1S/C14H26O4Si/c1-9-11(8-17-13(9)16)12(15)10(2)18-19(6,7)14(3,4)5/h10-12,15H,1,8H2,2-7H3/t10-,11-,12+/m1/s1. The Balaban J connectivity index is 2.71. The van der Waals surface area contributed by atoms with Crippen molar-refractivity contribution in [3.63, 3.8) is 0 Å². The molecule has 1 saturated heterocycles. The van der Waals surface area contributed by atoms with Gasteiger partial charge in [0, 0.05) is 5.57 Å². The molecular weight excluding hydrogens is 260 g/mol. The molecule has 1 N–H and O–H groups in total. The van der Waals surface area contributed by atoms with Crippen molar-refractivity contribution in [2.75, 3.05) is 6.61 Å². The van der Waals surface area contributed by atoms with E-state index in [1.54, 1.807) is 0 Å². The molecule has 0 aromatic heterocycles. The van der Waals surface area contributed by atoms with Gasteiger partial charge in [0.1, 0.15) is 6.61 Å². The van der Waals surface area contributed by atoms with Gasteiger partial charge in [-0.3, -0.25) is 0 Å². The van der Waals surface area contributed by atoms with Gasteiger partial charge >= 0.3 is 5.97 Å². The first kappa shape index (κ1) is 16.4. The van der Waals surface area contributed by atoms with Crippen LogP contribution in [0.1, 0.15) is 27.7 Å². The van der Waals surface area contributed by atoms with Crippen molar-refractivity contribution in [1.29, 1.82) is 0 Å². The molecular formula is C14H26O4Si. The van der Waals surface area contributed by atoms with Crippen molar-refractivity contribution in [1.82, 2.24) is 0 Å². The fourth-order valence-corrected chi connectivity index (χ4v) is 3.28. The second-order valence-corrected chi connectivity index (χ2v) is 11.6. The predicted molar refractivity (Wildman–Crippen MR) is 77.3 cm³/mol. The summed E-state index contributed by atoms with van der Waals surface area (Å²) in [7, 11) is -1.94. The Bertz CT molecular complexity index is 370. The van der Waals surface area contributed by atoms with E-state index in [1.807, 2.05) is 6.92 Å². The van der Waals surface area contributed by atoms with Crippen LogP contribution >= 0.6 is 0 Å². The topological polar surface area (TPSA) is 55.8 Å². The van der Waals surface area contributed by atoms with Gasteiger partial charge < -0.3 is 14.3 Å². The van der Waals surface area contributed by atoms with E-state index >= 15 is 0 Å². The number of aliphatic hydroxyl groups is 1. The van der Waals surface area contributed by atoms with Gasteiger partial charge in [-0.2, -0.15) is 0 Å². The molecule has 1 aliphatic heterocycles. The summed E-state index contributed by atoms with van der Waals surface area (Å²) < 4.78 is 11.0. The minimum atomic E-state index is -1.94. The molecule has 1 rings (SSSR count). The summed E-state index contributed by atoms with van der Waals surface area (Å²) in [4.78, 5) is 11.3. The molecule has 1 fully saturated rings. The van der Waals surface area contributed by atoms with E-state index in [2.05, 4.69) is 40.4 Å². The second-order valence-electron chi connectivity index (χ2n) is 6.80. The molecule has 0 amide bonds. The molecule has 0 aliphatic carbocycles. The minimum absolute atomic E-state index is 0.0833. The molecule has 110 valence electrons. The third-order valence-electron chi connectivity index (χ3n) is 4.28. The molecule has 0 aromatic carbocycles. The minimum Gasteiger partial charge on any atom is -0.462 e. The van der Waals surface area contributed by atoms with Crippen molar-refractivity contribution in [3.8, 4) is 0 Å². The molecule has 0 aromatic rings. The lowest BCUT2D eigenvalue weighted by atomic mass is 9.94. The Labute approximate surface area is 116 Å². The highest BCUT2D eigenvalue weighted by Crippen LogP contribution is 2.38. The Morgan fingerprint density at radius 3 is 2.37 bits per heavy atom. The smallest absolute Gasteiger partial charge is 0.333 e. The van der Waals surface area contributed by atoms with E-state index < -0.39 is 20.4 Å². The highest BCUT2D eigenvalue weighted by molar-refractivity contribution is 6.74. The first-order valence-electron chi connectivity index (χ1n) is 6.69. The molecule has 19 heavy (non-hydrogen) atoms. The maximum Gasteiger partial charge on any atom is 0.333 e. The average Bonchev–Trinajstić information content (AvgIpc) is 2.56. The fourth-order valence-electron chi connectivity index (χ4n) is 1.85. The molecule has 0 radical (unpaired) electrons. The second kappa shape index (κ2) is 5.38. The highest BCUT2D eigenvalue weighted by atomic mass is 28.4. The SMILES string of the molecule is C=C1C(=O)OC[C@H]1[C@@H](O)[C@@H](C)O[Si](C)(C)C(C)(C)C. The number of esters is 1. The van der Waals surface area contributed by atoms with Gasteiger partial charge in [0.05, 0.1) is 18.1 Å². The Morgan fingerprint density at radius 2 is 2.00 bits per heavy atom. The zero-order valence-corrected chi connectivity index (χ0v) is 13.8. The van der Waals surface area contributed by atoms with Crippen LogP contribution in [0.4, 0.5) is 0 Å². The summed E-state index contributed by atoms with van der Waals surface area (Å²) >= 11 is 0. The lowest BCUT2D eigenvalue weighted by Crippen LogP contribution is -2.47. The van der Waals surface area contributed by atoms with Crippen molar-refractivity contribution in [2.45, 2.75) is 58.0 Å². The van der Waals surface area contributed by atoms with Crippen LogP contribution in [0, 0.1) is 5.92 Å². The fraction of sp³-hybridized carbons (Fsp3) is 0.786. The summed E-state index contributed by atoms with van der Waals surface area (Å²) in [6, 6.07) is 0. The van der Waals surface area contributed by atoms with Crippen molar-refractivity contribution in [3.05, 3.63) is 12.2 Å². The Kier molecular flexibility index (Phi) is 4.65. The molecule has 4 nitrogen and oxygen atoms in total. The van der Waals surface area contributed by atoms with Gasteiger partial charge in [-0.1, -0.05) is 27.4 Å². The summed E-state index contributed by atoms with van der Waals surface area (Å²) in [5.74, 6) is -0.768. The quantitative estimate of drug-likeness (QED) is 0.490. The Hall–Kier alpha value is -0.653. The van der Waals surface area contributed by atoms with Gasteiger partial charge in [0.25, 0.3) is 0 Å². The summed E-state index contributed by atoms with van der Waals surface area (Å²) in [6.07, 6.45) is -1.09. The number of rotatable bonds is 4. The first-order valence-corrected chi connectivity index (χ1v) is 9.60. The van der Waals surface area contributed by atoms with E-state index in [4.69, 9.17) is 9.16 Å². The average molecular weight is 286 g/mol. The molecule has 0 bridgehead atoms. The summed E-state index contributed by atoms with van der Waals surface area (Å²) in [5, 5.41) is 10.4. The van der Waals surface area contributed by atoms with Crippen molar-refractivity contribution < 1.29 is 19.1 Å². The van der Waals surface area contributed by atoms with Gasteiger partial charge in [-0.25, -0.2) is 4.79 Å². The van der Waals surface area contributed by atoms with Crippen molar-refractivity contribution >= 4 is 14.3 Å². The highest BCUT2D eigenvalue weighted by Gasteiger charge is 2.42. The number of ether oxygens (including phenoxy) is 1. The normalized spacial score (nSPS) is 24.3. The number of carbonyl (C=O) groups is 1. The number of aliphatic hydroxyl groups excluding tert-OH is 1. The van der Waals surface area contributed by atoms with E-state index in [0.717, 1.165) is 0 Å². The van der Waals surface area contributed by atoms with Crippen LogP contribution in [-0.2, 0) is 14.0 Å². The maximum absolute atomic E-state index is 11.3. The zero-order valence-electron chi connectivity index (χ0n) is 12.8. The first-order chi connectivity index (χ1) is 8.47. The molecule has 1 heterocycles. The lowest BCUT2D eigenvalue weighted by Gasteiger charge is -2.40. The molecule has 3 atom stereocenters. The molecule has 0 spiro atoms. The predicted octanol–water partition coefficient (Wildman–Crippen LogP) is 2.49. The van der Waals surface area contributed by atoms with Crippen LogP contribution in [0.3, 0.4) is 0 Å². The molecule has 5 heteroatoms. The number of carbonyl (C=O) groups excluding carboxylic acids is 1. The molecule has 1 aliphatic rings. The van der Waals surface area contributed by atoms with Crippen LogP contribution in [-0.4, -0.2) is 38.2 Å².